The molecule has 1 rings (SSSR count). The predicted molar refractivity (Wildman–Crippen MR) is 83.5 cm³/mol. The molecule has 1 saturated carbocycles. The number of hydrogen-bond acceptors (Lipinski definition) is 2. The van der Waals surface area contributed by atoms with Gasteiger partial charge in [-0.3, -0.25) is 0 Å². The van der Waals surface area contributed by atoms with Crippen molar-refractivity contribution in [2.45, 2.75) is 65.7 Å². The Morgan fingerprint density at radius 3 is 2.42 bits per heavy atom. The predicted octanol–water partition coefficient (Wildman–Crippen LogP) is 4.25. The van der Waals surface area contributed by atoms with Crippen LogP contribution in [-0.2, 0) is 4.74 Å². The Kier molecular flexibility index (Phi) is 9.54. The Balaban J connectivity index is 2.16. The summed E-state index contributed by atoms with van der Waals surface area (Å²) in [4.78, 5) is 0. The van der Waals surface area contributed by atoms with Gasteiger partial charge in [-0.05, 0) is 50.1 Å². The quantitative estimate of drug-likeness (QED) is 0.566. The molecular formula is C17H35NO. The molecule has 0 aromatic carbocycles. The van der Waals surface area contributed by atoms with Gasteiger partial charge in [0.25, 0.3) is 0 Å². The maximum absolute atomic E-state index is 5.81. The van der Waals surface area contributed by atoms with Crippen molar-refractivity contribution in [3.05, 3.63) is 0 Å². The minimum atomic E-state index is 0.761. The first-order valence-electron chi connectivity index (χ1n) is 8.52. The van der Waals surface area contributed by atoms with Gasteiger partial charge in [-0.15, -0.1) is 0 Å². The van der Waals surface area contributed by atoms with Crippen LogP contribution in [0.5, 0.6) is 0 Å². The fourth-order valence-corrected chi connectivity index (χ4v) is 3.05. The summed E-state index contributed by atoms with van der Waals surface area (Å²) in [6.07, 6.45) is 9.48. The van der Waals surface area contributed by atoms with Crippen molar-refractivity contribution in [1.29, 1.82) is 0 Å². The molecule has 0 bridgehead atoms. The number of hydrogen-bond donors (Lipinski definition) is 1. The highest BCUT2D eigenvalue weighted by molar-refractivity contribution is 4.77. The van der Waals surface area contributed by atoms with Gasteiger partial charge in [0.2, 0.25) is 0 Å². The van der Waals surface area contributed by atoms with Gasteiger partial charge in [0, 0.05) is 13.2 Å². The summed E-state index contributed by atoms with van der Waals surface area (Å²) in [6, 6.07) is 0. The van der Waals surface area contributed by atoms with Gasteiger partial charge in [-0.25, -0.2) is 0 Å². The lowest BCUT2D eigenvalue weighted by Gasteiger charge is -2.24. The first kappa shape index (κ1) is 17.0. The molecule has 2 heteroatoms. The summed E-state index contributed by atoms with van der Waals surface area (Å²) in [5.74, 6) is 2.56. The molecule has 0 heterocycles. The standard InChI is InChI=1S/C17H35NO/c1-4-11-18-14-17(16-7-5-6-8-16)10-13-19-12-9-15(2)3/h15-18H,4-14H2,1-3H3. The van der Waals surface area contributed by atoms with Crippen LogP contribution < -0.4 is 5.32 Å². The van der Waals surface area contributed by atoms with Gasteiger partial charge >= 0.3 is 0 Å². The van der Waals surface area contributed by atoms with Crippen LogP contribution in [0, 0.1) is 17.8 Å². The van der Waals surface area contributed by atoms with Crippen LogP contribution >= 0.6 is 0 Å². The van der Waals surface area contributed by atoms with E-state index in [0.717, 1.165) is 37.5 Å². The van der Waals surface area contributed by atoms with Crippen LogP contribution in [-0.4, -0.2) is 26.3 Å². The van der Waals surface area contributed by atoms with E-state index in [-0.39, 0.29) is 0 Å². The zero-order chi connectivity index (χ0) is 13.9. The Morgan fingerprint density at radius 1 is 1.11 bits per heavy atom. The monoisotopic (exact) mass is 269 g/mol. The summed E-state index contributed by atoms with van der Waals surface area (Å²) < 4.78 is 5.81. The normalized spacial score (nSPS) is 18.3. The second-order valence-corrected chi connectivity index (χ2v) is 6.59. The van der Waals surface area contributed by atoms with E-state index in [0.29, 0.717) is 0 Å². The molecule has 0 aliphatic heterocycles. The van der Waals surface area contributed by atoms with Crippen molar-refractivity contribution in [3.8, 4) is 0 Å². The highest BCUT2D eigenvalue weighted by Crippen LogP contribution is 2.32. The minimum Gasteiger partial charge on any atom is -0.381 e. The summed E-state index contributed by atoms with van der Waals surface area (Å²) in [5.41, 5.74) is 0. The van der Waals surface area contributed by atoms with Crippen molar-refractivity contribution < 1.29 is 4.74 Å². The van der Waals surface area contributed by atoms with Crippen molar-refractivity contribution in [2.75, 3.05) is 26.3 Å². The summed E-state index contributed by atoms with van der Waals surface area (Å²) in [7, 11) is 0. The highest BCUT2D eigenvalue weighted by atomic mass is 16.5. The van der Waals surface area contributed by atoms with Gasteiger partial charge in [0.15, 0.2) is 0 Å². The van der Waals surface area contributed by atoms with Gasteiger partial charge in [-0.1, -0.05) is 46.5 Å². The van der Waals surface area contributed by atoms with Crippen LogP contribution in [0.2, 0.25) is 0 Å². The number of ether oxygens (including phenoxy) is 1. The van der Waals surface area contributed by atoms with Gasteiger partial charge < -0.3 is 10.1 Å². The molecule has 1 fully saturated rings. The number of rotatable bonds is 11. The van der Waals surface area contributed by atoms with Crippen molar-refractivity contribution in [1.82, 2.24) is 5.32 Å². The largest absolute Gasteiger partial charge is 0.381 e. The minimum absolute atomic E-state index is 0.761. The maximum atomic E-state index is 5.81. The second kappa shape index (κ2) is 10.7. The van der Waals surface area contributed by atoms with E-state index in [4.69, 9.17) is 4.74 Å². The molecule has 114 valence electrons. The fraction of sp³-hybridized carbons (Fsp3) is 1.00. The van der Waals surface area contributed by atoms with Crippen LogP contribution in [0.4, 0.5) is 0 Å². The van der Waals surface area contributed by atoms with E-state index in [9.17, 15) is 0 Å². The van der Waals surface area contributed by atoms with Gasteiger partial charge in [-0.2, -0.15) is 0 Å². The Labute approximate surface area is 120 Å². The summed E-state index contributed by atoms with van der Waals surface area (Å²) in [5, 5.41) is 3.62. The van der Waals surface area contributed by atoms with E-state index in [1.807, 2.05) is 0 Å². The Morgan fingerprint density at radius 2 is 1.79 bits per heavy atom. The summed E-state index contributed by atoms with van der Waals surface area (Å²) in [6.45, 7) is 11.0. The second-order valence-electron chi connectivity index (χ2n) is 6.59. The zero-order valence-electron chi connectivity index (χ0n) is 13.4. The molecule has 0 spiro atoms. The van der Waals surface area contributed by atoms with Gasteiger partial charge in [0.05, 0.1) is 0 Å². The first-order chi connectivity index (χ1) is 9.24. The SMILES string of the molecule is CCCNCC(CCOCCC(C)C)C1CCCC1. The molecule has 1 aliphatic carbocycles. The smallest absolute Gasteiger partial charge is 0.0469 e. The van der Waals surface area contributed by atoms with E-state index < -0.39 is 0 Å². The summed E-state index contributed by atoms with van der Waals surface area (Å²) >= 11 is 0. The lowest BCUT2D eigenvalue weighted by atomic mass is 9.88. The molecule has 0 saturated heterocycles. The Bertz CT molecular complexity index is 199. The molecule has 0 aromatic rings. The molecule has 19 heavy (non-hydrogen) atoms. The van der Waals surface area contributed by atoms with Crippen molar-refractivity contribution >= 4 is 0 Å². The molecular weight excluding hydrogens is 234 g/mol. The highest BCUT2D eigenvalue weighted by Gasteiger charge is 2.24. The Hall–Kier alpha value is -0.0800. The number of nitrogens with one attached hydrogen (secondary N) is 1. The molecule has 1 N–H and O–H groups in total. The van der Waals surface area contributed by atoms with E-state index in [2.05, 4.69) is 26.1 Å². The van der Waals surface area contributed by atoms with Crippen LogP contribution in [0.15, 0.2) is 0 Å². The van der Waals surface area contributed by atoms with Crippen LogP contribution in [0.3, 0.4) is 0 Å². The van der Waals surface area contributed by atoms with Gasteiger partial charge in [0.1, 0.15) is 0 Å². The third kappa shape index (κ3) is 7.94. The molecule has 1 aliphatic rings. The first-order valence-corrected chi connectivity index (χ1v) is 8.52. The average Bonchev–Trinajstić information content (AvgIpc) is 2.90. The third-order valence-electron chi connectivity index (χ3n) is 4.37. The fourth-order valence-electron chi connectivity index (χ4n) is 3.05. The van der Waals surface area contributed by atoms with Crippen molar-refractivity contribution in [3.63, 3.8) is 0 Å². The molecule has 0 amide bonds. The van der Waals surface area contributed by atoms with Crippen molar-refractivity contribution in [2.24, 2.45) is 17.8 Å². The molecule has 2 nitrogen and oxygen atoms in total. The molecule has 1 atom stereocenters. The topological polar surface area (TPSA) is 21.3 Å². The molecule has 1 unspecified atom stereocenters. The van der Waals surface area contributed by atoms with Crippen LogP contribution in [0.25, 0.3) is 0 Å². The maximum Gasteiger partial charge on any atom is 0.0469 e. The zero-order valence-corrected chi connectivity index (χ0v) is 13.4. The third-order valence-corrected chi connectivity index (χ3v) is 4.37. The molecule has 0 radical (unpaired) electrons. The lowest BCUT2D eigenvalue weighted by molar-refractivity contribution is 0.101. The van der Waals surface area contributed by atoms with E-state index >= 15 is 0 Å². The average molecular weight is 269 g/mol. The lowest BCUT2D eigenvalue weighted by Crippen LogP contribution is -2.29. The van der Waals surface area contributed by atoms with E-state index in [1.54, 1.807) is 0 Å². The van der Waals surface area contributed by atoms with Crippen LogP contribution in [0.1, 0.15) is 65.7 Å². The molecule has 0 aromatic heterocycles. The van der Waals surface area contributed by atoms with E-state index in [1.165, 1.54) is 51.5 Å².